The number of aromatic nitrogens is 4. The van der Waals surface area contributed by atoms with Crippen LogP contribution >= 0.6 is 23.2 Å². The van der Waals surface area contributed by atoms with Gasteiger partial charge in [-0.1, -0.05) is 53.5 Å². The van der Waals surface area contributed by atoms with E-state index in [0.29, 0.717) is 10.0 Å². The van der Waals surface area contributed by atoms with E-state index in [1.54, 1.807) is 6.33 Å². The largest absolute Gasteiger partial charge is 0.334 e. The number of hydrogen-bond donors (Lipinski definition) is 1. The zero-order valence-corrected chi connectivity index (χ0v) is 20.4. The summed E-state index contributed by atoms with van der Waals surface area (Å²) in [5.41, 5.74) is 14.6. The van der Waals surface area contributed by atoms with Crippen LogP contribution in [0, 0.1) is 0 Å². The molecular formula is C28H21Cl2N5. The summed E-state index contributed by atoms with van der Waals surface area (Å²) in [4.78, 5) is 9.12. The summed E-state index contributed by atoms with van der Waals surface area (Å²) in [7, 11) is 1.99. The second-order valence-corrected chi connectivity index (χ2v) is 9.45. The van der Waals surface area contributed by atoms with Gasteiger partial charge in [0.05, 0.1) is 35.3 Å². The van der Waals surface area contributed by atoms with Gasteiger partial charge in [0.25, 0.3) is 0 Å². The number of halogens is 2. The van der Waals surface area contributed by atoms with Crippen molar-refractivity contribution in [3.8, 4) is 22.4 Å². The quantitative estimate of drug-likeness (QED) is 0.287. The molecule has 0 spiro atoms. The Balaban J connectivity index is 1.71. The van der Waals surface area contributed by atoms with Gasteiger partial charge < -0.3 is 10.3 Å². The Morgan fingerprint density at radius 1 is 0.886 bits per heavy atom. The molecule has 0 aliphatic rings. The Morgan fingerprint density at radius 3 is 2.43 bits per heavy atom. The first kappa shape index (κ1) is 21.9. The van der Waals surface area contributed by atoms with Gasteiger partial charge in [0, 0.05) is 40.4 Å². The van der Waals surface area contributed by atoms with Crippen LogP contribution in [-0.4, -0.2) is 18.9 Å². The molecule has 0 saturated heterocycles. The number of aryl methyl sites for hydroxylation is 1. The molecule has 7 heteroatoms. The fraction of sp³-hybridized carbons (Fsp3) is 0.0714. The Morgan fingerprint density at radius 2 is 1.69 bits per heavy atom. The lowest BCUT2D eigenvalue weighted by molar-refractivity contribution is 0.873. The van der Waals surface area contributed by atoms with Crippen LogP contribution in [-0.2, 0) is 7.05 Å². The molecule has 35 heavy (non-hydrogen) atoms. The van der Waals surface area contributed by atoms with Gasteiger partial charge in [-0.05, 0) is 53.1 Å². The summed E-state index contributed by atoms with van der Waals surface area (Å²) in [6.07, 6.45) is 7.47. The maximum Gasteiger partial charge on any atom is 0.147 e. The Hall–Kier alpha value is -3.64. The second kappa shape index (κ2) is 8.54. The number of nitrogens with two attached hydrogens (primary N) is 1. The number of fused-ring (bicyclic) bond motifs is 3. The summed E-state index contributed by atoms with van der Waals surface area (Å²) in [5, 5.41) is 2.41. The smallest absolute Gasteiger partial charge is 0.147 e. The third kappa shape index (κ3) is 3.69. The third-order valence-corrected chi connectivity index (χ3v) is 6.93. The lowest BCUT2D eigenvalue weighted by Gasteiger charge is -2.19. The zero-order valence-electron chi connectivity index (χ0n) is 18.9. The molecule has 3 heterocycles. The van der Waals surface area contributed by atoms with Crippen LogP contribution in [0.5, 0.6) is 0 Å². The summed E-state index contributed by atoms with van der Waals surface area (Å²) in [6, 6.07) is 21.6. The molecule has 0 bridgehead atoms. The molecule has 1 atom stereocenters. The third-order valence-electron chi connectivity index (χ3n) is 6.44. The first-order valence-electron chi connectivity index (χ1n) is 11.2. The van der Waals surface area contributed by atoms with Crippen LogP contribution in [0.2, 0.25) is 10.0 Å². The van der Waals surface area contributed by atoms with E-state index in [0.717, 1.165) is 50.1 Å². The monoisotopic (exact) mass is 497 g/mol. The van der Waals surface area contributed by atoms with Gasteiger partial charge in [-0.2, -0.15) is 0 Å². The molecule has 2 N–H and O–H groups in total. The average Bonchev–Trinajstić information content (AvgIpc) is 3.52. The highest BCUT2D eigenvalue weighted by molar-refractivity contribution is 6.31. The van der Waals surface area contributed by atoms with Crippen LogP contribution in [0.4, 0.5) is 0 Å². The van der Waals surface area contributed by atoms with Crippen molar-refractivity contribution >= 4 is 39.8 Å². The number of pyridine rings is 1. The highest BCUT2D eigenvalue weighted by Gasteiger charge is 2.22. The molecule has 0 saturated carbocycles. The first-order valence-corrected chi connectivity index (χ1v) is 11.9. The van der Waals surface area contributed by atoms with E-state index in [4.69, 9.17) is 33.9 Å². The lowest BCUT2D eigenvalue weighted by Crippen LogP contribution is -2.12. The van der Waals surface area contributed by atoms with Gasteiger partial charge in [-0.25, -0.2) is 9.97 Å². The molecule has 1 unspecified atom stereocenters. The molecule has 0 fully saturated rings. The predicted octanol–water partition coefficient (Wildman–Crippen LogP) is 6.91. The van der Waals surface area contributed by atoms with Crippen molar-refractivity contribution in [3.63, 3.8) is 0 Å². The topological polar surface area (TPSA) is 61.1 Å². The summed E-state index contributed by atoms with van der Waals surface area (Å²) < 4.78 is 4.12. The van der Waals surface area contributed by atoms with Crippen LogP contribution in [0.1, 0.15) is 17.2 Å². The van der Waals surface area contributed by atoms with Crippen LogP contribution < -0.4 is 5.73 Å². The number of benzene rings is 3. The van der Waals surface area contributed by atoms with Crippen molar-refractivity contribution in [1.82, 2.24) is 18.9 Å². The number of hydrogen-bond acceptors (Lipinski definition) is 3. The highest BCUT2D eigenvalue weighted by Crippen LogP contribution is 2.42. The van der Waals surface area contributed by atoms with E-state index in [-0.39, 0.29) is 6.04 Å². The summed E-state index contributed by atoms with van der Waals surface area (Å²) in [6.45, 7) is 0. The van der Waals surface area contributed by atoms with E-state index in [1.807, 2.05) is 72.7 Å². The van der Waals surface area contributed by atoms with Crippen molar-refractivity contribution in [1.29, 1.82) is 0 Å². The second-order valence-electron chi connectivity index (χ2n) is 8.58. The number of nitrogens with zero attached hydrogens (tertiary/aromatic N) is 4. The van der Waals surface area contributed by atoms with Crippen LogP contribution in [0.15, 0.2) is 91.6 Å². The zero-order chi connectivity index (χ0) is 24.1. The minimum absolute atomic E-state index is 0.303. The van der Waals surface area contributed by atoms with Crippen molar-refractivity contribution in [2.45, 2.75) is 6.04 Å². The molecule has 172 valence electrons. The molecule has 0 amide bonds. The molecule has 0 radical (unpaired) electrons. The molecular weight excluding hydrogens is 477 g/mol. The summed E-state index contributed by atoms with van der Waals surface area (Å²) >= 11 is 12.6. The predicted molar refractivity (Wildman–Crippen MR) is 143 cm³/mol. The lowest BCUT2D eigenvalue weighted by atomic mass is 9.91. The fourth-order valence-corrected chi connectivity index (χ4v) is 5.05. The van der Waals surface area contributed by atoms with Gasteiger partial charge >= 0.3 is 0 Å². The Bertz CT molecular complexity index is 1700. The van der Waals surface area contributed by atoms with Crippen LogP contribution in [0.25, 0.3) is 38.9 Å². The van der Waals surface area contributed by atoms with E-state index >= 15 is 0 Å². The maximum absolute atomic E-state index is 6.72. The number of rotatable bonds is 4. The Labute approximate surface area is 212 Å². The van der Waals surface area contributed by atoms with Gasteiger partial charge in [0.2, 0.25) is 0 Å². The minimum atomic E-state index is -0.303. The SMILES string of the molecule is Cn1cncc1-c1c(-c2cccc(Cl)c2)c2cc(C(N)c3ccc(Cl)cc3)ccc2n2ccnc12. The van der Waals surface area contributed by atoms with Crippen molar-refractivity contribution in [3.05, 3.63) is 113 Å². The van der Waals surface area contributed by atoms with E-state index in [1.165, 1.54) is 0 Å². The van der Waals surface area contributed by atoms with Crippen LogP contribution in [0.3, 0.4) is 0 Å². The normalized spacial score (nSPS) is 12.5. The van der Waals surface area contributed by atoms with E-state index < -0.39 is 0 Å². The molecule has 6 rings (SSSR count). The number of imidazole rings is 2. The molecule has 6 aromatic rings. The molecule has 3 aromatic heterocycles. The van der Waals surface area contributed by atoms with Crippen molar-refractivity contribution in [2.24, 2.45) is 12.8 Å². The molecule has 5 nitrogen and oxygen atoms in total. The molecule has 0 aliphatic heterocycles. The van der Waals surface area contributed by atoms with Gasteiger partial charge in [-0.15, -0.1) is 0 Å². The summed E-state index contributed by atoms with van der Waals surface area (Å²) in [5.74, 6) is 0. The highest BCUT2D eigenvalue weighted by atomic mass is 35.5. The first-order chi connectivity index (χ1) is 17.0. The Kier molecular flexibility index (Phi) is 5.33. The molecule has 0 aliphatic carbocycles. The van der Waals surface area contributed by atoms with E-state index in [9.17, 15) is 0 Å². The van der Waals surface area contributed by atoms with Crippen molar-refractivity contribution in [2.75, 3.05) is 0 Å². The minimum Gasteiger partial charge on any atom is -0.334 e. The fourth-order valence-electron chi connectivity index (χ4n) is 4.73. The van der Waals surface area contributed by atoms with Gasteiger partial charge in [0.1, 0.15) is 5.65 Å². The van der Waals surface area contributed by atoms with E-state index in [2.05, 4.69) is 33.7 Å². The standard InChI is InChI=1S/C28H21Cl2N5/c1-34-16-32-15-24(34)26-25(18-3-2-4-21(30)13-18)22-14-19(27(31)17-5-8-20(29)9-6-17)7-10-23(22)35-12-11-33-28(26)35/h2-16,27H,31H2,1H3. The average molecular weight is 498 g/mol. The molecule has 3 aromatic carbocycles. The maximum atomic E-state index is 6.72. The van der Waals surface area contributed by atoms with Gasteiger partial charge in [0.15, 0.2) is 0 Å². The van der Waals surface area contributed by atoms with Crippen molar-refractivity contribution < 1.29 is 0 Å². The van der Waals surface area contributed by atoms with Gasteiger partial charge in [-0.3, -0.25) is 4.40 Å².